The van der Waals surface area contributed by atoms with Crippen LogP contribution in [0.1, 0.15) is 36.6 Å². The molecule has 0 aliphatic carbocycles. The van der Waals surface area contributed by atoms with Crippen LogP contribution in [0.4, 0.5) is 0 Å². The predicted octanol–water partition coefficient (Wildman–Crippen LogP) is 3.14. The molecular formula is C22H22N6O. The molecule has 1 aromatic carbocycles. The van der Waals surface area contributed by atoms with Crippen molar-refractivity contribution in [2.75, 3.05) is 0 Å². The summed E-state index contributed by atoms with van der Waals surface area (Å²) in [6.45, 7) is 4.23. The molecular weight excluding hydrogens is 364 g/mol. The lowest BCUT2D eigenvalue weighted by Crippen LogP contribution is -2.16. The van der Waals surface area contributed by atoms with Gasteiger partial charge in [-0.3, -0.25) is 9.48 Å². The molecule has 0 saturated carbocycles. The van der Waals surface area contributed by atoms with E-state index in [2.05, 4.69) is 34.0 Å². The Morgan fingerprint density at radius 2 is 1.86 bits per heavy atom. The minimum absolute atomic E-state index is 0.0897. The molecule has 29 heavy (non-hydrogen) atoms. The minimum atomic E-state index is -0.0897. The molecule has 3 heterocycles. The van der Waals surface area contributed by atoms with Crippen LogP contribution in [0.3, 0.4) is 0 Å². The van der Waals surface area contributed by atoms with Gasteiger partial charge in [0.05, 0.1) is 12.4 Å². The molecule has 4 rings (SSSR count). The van der Waals surface area contributed by atoms with Gasteiger partial charge in [-0.2, -0.15) is 10.2 Å². The molecule has 0 aliphatic rings. The molecule has 0 N–H and O–H groups in total. The highest BCUT2D eigenvalue weighted by Gasteiger charge is 2.09. The van der Waals surface area contributed by atoms with Gasteiger partial charge in [0.1, 0.15) is 11.4 Å². The van der Waals surface area contributed by atoms with Crippen molar-refractivity contribution in [2.24, 2.45) is 7.05 Å². The van der Waals surface area contributed by atoms with Crippen LogP contribution in [0.2, 0.25) is 0 Å². The first-order valence-corrected chi connectivity index (χ1v) is 9.49. The average Bonchev–Trinajstić information content (AvgIpc) is 3.16. The molecule has 0 fully saturated rings. The summed E-state index contributed by atoms with van der Waals surface area (Å²) in [5, 5.41) is 8.66. The van der Waals surface area contributed by atoms with Gasteiger partial charge >= 0.3 is 0 Å². The van der Waals surface area contributed by atoms with Crippen molar-refractivity contribution in [3.05, 3.63) is 88.4 Å². The van der Waals surface area contributed by atoms with Crippen molar-refractivity contribution in [2.45, 2.75) is 26.2 Å². The first kappa shape index (κ1) is 18.7. The minimum Gasteiger partial charge on any atom is -0.288 e. The summed E-state index contributed by atoms with van der Waals surface area (Å²) < 4.78 is 3.37. The third-order valence-corrected chi connectivity index (χ3v) is 4.73. The fourth-order valence-electron chi connectivity index (χ4n) is 3.04. The molecule has 0 radical (unpaired) electrons. The van der Waals surface area contributed by atoms with E-state index < -0.39 is 0 Å². The van der Waals surface area contributed by atoms with Crippen LogP contribution in [0.15, 0.2) is 66.1 Å². The van der Waals surface area contributed by atoms with Crippen molar-refractivity contribution in [3.63, 3.8) is 0 Å². The van der Waals surface area contributed by atoms with E-state index in [9.17, 15) is 4.79 Å². The average molecular weight is 386 g/mol. The highest BCUT2D eigenvalue weighted by molar-refractivity contribution is 5.56. The Morgan fingerprint density at radius 1 is 1.07 bits per heavy atom. The molecule has 146 valence electrons. The zero-order valence-electron chi connectivity index (χ0n) is 16.6. The number of benzene rings is 1. The van der Waals surface area contributed by atoms with Crippen LogP contribution < -0.4 is 5.43 Å². The van der Waals surface area contributed by atoms with Gasteiger partial charge in [-0.25, -0.2) is 14.6 Å². The molecule has 3 aromatic heterocycles. The van der Waals surface area contributed by atoms with E-state index in [1.807, 2.05) is 49.9 Å². The van der Waals surface area contributed by atoms with E-state index in [1.54, 1.807) is 21.8 Å². The summed E-state index contributed by atoms with van der Waals surface area (Å²) in [4.78, 5) is 21.3. The first-order chi connectivity index (χ1) is 14.0. The number of nitrogens with zero attached hydrogens (tertiary/aromatic N) is 6. The molecule has 0 amide bonds. The number of hydrogen-bond donors (Lipinski definition) is 0. The quantitative estimate of drug-likeness (QED) is 0.526. The highest BCUT2D eigenvalue weighted by atomic mass is 16.1. The van der Waals surface area contributed by atoms with Crippen LogP contribution in [-0.2, 0) is 13.5 Å². The Balaban J connectivity index is 1.62. The SMILES string of the molecule is CC(C)c1cnc(-c2cccc(Cc3nn(-c4cnn(C)c4)ccc3=O)c2)nc1. The normalized spacial score (nSPS) is 11.2. The fourth-order valence-corrected chi connectivity index (χ4v) is 3.04. The van der Waals surface area contributed by atoms with E-state index in [4.69, 9.17) is 0 Å². The van der Waals surface area contributed by atoms with E-state index >= 15 is 0 Å². The van der Waals surface area contributed by atoms with Gasteiger partial charge in [-0.1, -0.05) is 32.0 Å². The number of rotatable bonds is 5. The standard InChI is InChI=1S/C22H22N6O/c1-15(2)18-11-23-22(24-12-18)17-6-4-5-16(9-17)10-20-21(29)7-8-28(26-20)19-13-25-27(3)14-19/h4-9,11-15H,10H2,1-3H3. The largest absolute Gasteiger partial charge is 0.288 e. The third-order valence-electron chi connectivity index (χ3n) is 4.73. The second-order valence-corrected chi connectivity index (χ2v) is 7.32. The highest BCUT2D eigenvalue weighted by Crippen LogP contribution is 2.19. The van der Waals surface area contributed by atoms with Crippen LogP contribution >= 0.6 is 0 Å². The maximum Gasteiger partial charge on any atom is 0.203 e. The Bertz CT molecular complexity index is 1190. The second kappa shape index (κ2) is 7.79. The molecule has 0 aliphatic heterocycles. The van der Waals surface area contributed by atoms with Gasteiger partial charge in [-0.05, 0) is 23.1 Å². The molecule has 0 saturated heterocycles. The van der Waals surface area contributed by atoms with Crippen LogP contribution in [0.25, 0.3) is 17.1 Å². The fraction of sp³-hybridized carbons (Fsp3) is 0.227. The zero-order chi connectivity index (χ0) is 20.4. The summed E-state index contributed by atoms with van der Waals surface area (Å²) in [6.07, 6.45) is 9.37. The zero-order valence-corrected chi connectivity index (χ0v) is 16.6. The molecule has 0 spiro atoms. The monoisotopic (exact) mass is 386 g/mol. The van der Waals surface area contributed by atoms with Gasteiger partial charge < -0.3 is 0 Å². The van der Waals surface area contributed by atoms with Crippen LogP contribution in [-0.4, -0.2) is 29.5 Å². The Morgan fingerprint density at radius 3 is 2.55 bits per heavy atom. The van der Waals surface area contributed by atoms with E-state index in [-0.39, 0.29) is 5.43 Å². The molecule has 4 aromatic rings. The Labute approximate surface area is 168 Å². The maximum absolute atomic E-state index is 12.3. The summed E-state index contributed by atoms with van der Waals surface area (Å²) in [5.41, 5.74) is 4.20. The van der Waals surface area contributed by atoms with Crippen molar-refractivity contribution in [1.82, 2.24) is 29.5 Å². The summed E-state index contributed by atoms with van der Waals surface area (Å²) in [7, 11) is 1.84. The van der Waals surface area contributed by atoms with Gasteiger partial charge in [0, 0.05) is 43.7 Å². The van der Waals surface area contributed by atoms with Crippen molar-refractivity contribution in [3.8, 4) is 17.1 Å². The number of aryl methyl sites for hydroxylation is 1. The molecule has 7 nitrogen and oxygen atoms in total. The van der Waals surface area contributed by atoms with Gasteiger partial charge in [-0.15, -0.1) is 0 Å². The maximum atomic E-state index is 12.3. The molecule has 0 unspecified atom stereocenters. The third kappa shape index (κ3) is 4.13. The van der Waals surface area contributed by atoms with Gasteiger partial charge in [0.25, 0.3) is 0 Å². The Hall–Kier alpha value is -3.61. The van der Waals surface area contributed by atoms with Crippen molar-refractivity contribution >= 4 is 0 Å². The van der Waals surface area contributed by atoms with E-state index in [0.29, 0.717) is 23.9 Å². The molecule has 0 bridgehead atoms. The lowest BCUT2D eigenvalue weighted by molar-refractivity contribution is 0.762. The van der Waals surface area contributed by atoms with Gasteiger partial charge in [0.15, 0.2) is 5.82 Å². The predicted molar refractivity (Wildman–Crippen MR) is 111 cm³/mol. The summed E-state index contributed by atoms with van der Waals surface area (Å²) in [5.74, 6) is 1.06. The summed E-state index contributed by atoms with van der Waals surface area (Å²) in [6, 6.07) is 9.45. The van der Waals surface area contributed by atoms with Crippen molar-refractivity contribution in [1.29, 1.82) is 0 Å². The Kier molecular flexibility index (Phi) is 5.03. The van der Waals surface area contributed by atoms with E-state index in [1.165, 1.54) is 6.07 Å². The van der Waals surface area contributed by atoms with Crippen LogP contribution in [0, 0.1) is 0 Å². The lowest BCUT2D eigenvalue weighted by atomic mass is 10.0. The smallest absolute Gasteiger partial charge is 0.203 e. The number of aromatic nitrogens is 6. The van der Waals surface area contributed by atoms with Crippen LogP contribution in [0.5, 0.6) is 0 Å². The number of hydrogen-bond acceptors (Lipinski definition) is 5. The molecule has 7 heteroatoms. The van der Waals surface area contributed by atoms with E-state index in [0.717, 1.165) is 22.4 Å². The first-order valence-electron chi connectivity index (χ1n) is 9.49. The topological polar surface area (TPSA) is 78.5 Å². The summed E-state index contributed by atoms with van der Waals surface area (Å²) >= 11 is 0. The lowest BCUT2D eigenvalue weighted by Gasteiger charge is -2.08. The second-order valence-electron chi connectivity index (χ2n) is 7.32. The molecule has 0 atom stereocenters. The van der Waals surface area contributed by atoms with Crippen molar-refractivity contribution < 1.29 is 0 Å². The van der Waals surface area contributed by atoms with Gasteiger partial charge in [0.2, 0.25) is 5.43 Å².